The van der Waals surface area contributed by atoms with E-state index in [1.807, 2.05) is 27.3 Å². The molecule has 1 fully saturated rings. The van der Waals surface area contributed by atoms with Crippen molar-refractivity contribution in [2.24, 2.45) is 0 Å². The van der Waals surface area contributed by atoms with Gasteiger partial charge in [-0.15, -0.1) is 0 Å². The van der Waals surface area contributed by atoms with Crippen molar-refractivity contribution in [1.82, 2.24) is 0 Å². The second kappa shape index (κ2) is 6.24. The molecule has 0 saturated carbocycles. The van der Waals surface area contributed by atoms with Crippen LogP contribution in [0.2, 0.25) is 6.55 Å². The van der Waals surface area contributed by atoms with E-state index in [1.54, 1.807) is 0 Å². The summed E-state index contributed by atoms with van der Waals surface area (Å²) in [5, 5.41) is 0. The molecule has 0 aromatic carbocycles. The lowest BCUT2D eigenvalue weighted by Gasteiger charge is -2.39. The molecule has 0 radical (unpaired) electrons. The molecular formula is C9H22O5Si2. The third-order valence-electron chi connectivity index (χ3n) is 2.29. The summed E-state index contributed by atoms with van der Waals surface area (Å²) in [5.74, 6) is 0. The largest absolute Gasteiger partial charge is 0.526 e. The molecule has 1 unspecified atom stereocenters. The SMILES string of the molecule is CCO[Si]1(C)CO[Si](OCC)(OCC)CO1. The topological polar surface area (TPSA) is 46.2 Å². The third-order valence-corrected chi connectivity index (χ3v) is 7.73. The second-order valence-electron chi connectivity index (χ2n) is 3.69. The highest BCUT2D eigenvalue weighted by molar-refractivity contribution is 6.71. The average molecular weight is 266 g/mol. The van der Waals surface area contributed by atoms with Gasteiger partial charge in [0.1, 0.15) is 6.23 Å². The van der Waals surface area contributed by atoms with Crippen molar-refractivity contribution < 1.29 is 22.1 Å². The Morgan fingerprint density at radius 2 is 1.44 bits per heavy atom. The molecule has 7 heteroatoms. The smallest absolute Gasteiger partial charge is 0.393 e. The third kappa shape index (κ3) is 3.62. The van der Waals surface area contributed by atoms with Gasteiger partial charge in [0.2, 0.25) is 0 Å². The van der Waals surface area contributed by atoms with E-state index >= 15 is 0 Å². The normalized spacial score (nSPS) is 29.2. The zero-order chi connectivity index (χ0) is 12.1. The van der Waals surface area contributed by atoms with Gasteiger partial charge in [-0.05, 0) is 27.3 Å². The Hall–Kier alpha value is 0.234. The first-order valence-electron chi connectivity index (χ1n) is 5.79. The molecule has 5 nitrogen and oxygen atoms in total. The predicted octanol–water partition coefficient (Wildman–Crippen LogP) is 1.23. The van der Waals surface area contributed by atoms with Crippen LogP contribution in [-0.4, -0.2) is 49.6 Å². The summed E-state index contributed by atoms with van der Waals surface area (Å²) in [6, 6.07) is 0. The van der Waals surface area contributed by atoms with Crippen LogP contribution in [0, 0.1) is 0 Å². The molecule has 1 saturated heterocycles. The van der Waals surface area contributed by atoms with E-state index < -0.39 is 17.4 Å². The number of rotatable bonds is 6. The van der Waals surface area contributed by atoms with Gasteiger partial charge in [-0.2, -0.15) is 0 Å². The highest BCUT2D eigenvalue weighted by Crippen LogP contribution is 2.22. The first-order chi connectivity index (χ1) is 7.60. The van der Waals surface area contributed by atoms with Crippen molar-refractivity contribution in [3.63, 3.8) is 0 Å². The predicted molar refractivity (Wildman–Crippen MR) is 64.2 cm³/mol. The first-order valence-corrected chi connectivity index (χ1v) is 10.2. The maximum atomic E-state index is 5.83. The molecule has 0 aromatic rings. The van der Waals surface area contributed by atoms with Gasteiger partial charge in [-0.3, -0.25) is 0 Å². The van der Waals surface area contributed by atoms with Crippen LogP contribution < -0.4 is 0 Å². The van der Waals surface area contributed by atoms with Crippen molar-refractivity contribution >= 4 is 17.4 Å². The fourth-order valence-corrected chi connectivity index (χ4v) is 7.70. The van der Waals surface area contributed by atoms with Gasteiger partial charge < -0.3 is 22.1 Å². The summed E-state index contributed by atoms with van der Waals surface area (Å²) in [4.78, 5) is 0. The maximum Gasteiger partial charge on any atom is 0.526 e. The monoisotopic (exact) mass is 266 g/mol. The first kappa shape index (κ1) is 14.3. The highest BCUT2D eigenvalue weighted by Gasteiger charge is 2.51. The molecule has 0 amide bonds. The Morgan fingerprint density at radius 1 is 0.875 bits per heavy atom. The molecule has 1 aliphatic rings. The molecule has 0 aromatic heterocycles. The minimum absolute atomic E-state index is 0.414. The maximum absolute atomic E-state index is 5.83. The Bertz CT molecular complexity index is 198. The van der Waals surface area contributed by atoms with Crippen molar-refractivity contribution in [2.75, 3.05) is 32.3 Å². The molecular weight excluding hydrogens is 244 g/mol. The van der Waals surface area contributed by atoms with Gasteiger partial charge in [-0.1, -0.05) is 0 Å². The Morgan fingerprint density at radius 3 is 1.81 bits per heavy atom. The van der Waals surface area contributed by atoms with Gasteiger partial charge in [0.25, 0.3) is 0 Å². The van der Waals surface area contributed by atoms with Crippen LogP contribution in [0.5, 0.6) is 0 Å². The molecule has 1 atom stereocenters. The summed E-state index contributed by atoms with van der Waals surface area (Å²) >= 11 is 0. The lowest BCUT2D eigenvalue weighted by molar-refractivity contribution is 0.0204. The second-order valence-corrected chi connectivity index (χ2v) is 9.35. The van der Waals surface area contributed by atoms with E-state index in [2.05, 4.69) is 0 Å². The standard InChI is InChI=1S/C9H22O5Si2/c1-5-10-15(4)8-14-16(9-13-15,11-6-2)12-7-3/h5-9H2,1-4H3. The molecule has 1 rings (SSSR count). The van der Waals surface area contributed by atoms with Gasteiger partial charge >= 0.3 is 17.4 Å². The molecule has 0 spiro atoms. The fraction of sp³-hybridized carbons (Fsp3) is 1.00. The van der Waals surface area contributed by atoms with Crippen LogP contribution in [0.15, 0.2) is 0 Å². The Balaban J connectivity index is 2.54. The van der Waals surface area contributed by atoms with Gasteiger partial charge in [0, 0.05) is 19.8 Å². The number of hydrogen-bond donors (Lipinski definition) is 0. The van der Waals surface area contributed by atoms with Crippen LogP contribution >= 0.6 is 0 Å². The quantitative estimate of drug-likeness (QED) is 0.677. The Kier molecular flexibility index (Phi) is 5.58. The minimum Gasteiger partial charge on any atom is -0.393 e. The van der Waals surface area contributed by atoms with Crippen molar-refractivity contribution in [3.8, 4) is 0 Å². The highest BCUT2D eigenvalue weighted by atomic mass is 28.4. The molecule has 1 aliphatic heterocycles. The van der Waals surface area contributed by atoms with E-state index in [0.29, 0.717) is 32.3 Å². The zero-order valence-corrected chi connectivity index (χ0v) is 12.6. The fourth-order valence-electron chi connectivity index (χ4n) is 1.60. The summed E-state index contributed by atoms with van der Waals surface area (Å²) in [6.45, 7) is 9.67. The van der Waals surface area contributed by atoms with Crippen LogP contribution in [-0.2, 0) is 22.1 Å². The summed E-state index contributed by atoms with van der Waals surface area (Å²) in [7, 11) is -4.70. The molecule has 0 bridgehead atoms. The van der Waals surface area contributed by atoms with E-state index in [4.69, 9.17) is 22.1 Å². The molecule has 0 aliphatic carbocycles. The lowest BCUT2D eigenvalue weighted by atomic mass is 10.9. The van der Waals surface area contributed by atoms with Gasteiger partial charge in [0.15, 0.2) is 0 Å². The summed E-state index contributed by atoms with van der Waals surface area (Å²) in [6.07, 6.45) is 0.907. The van der Waals surface area contributed by atoms with Crippen molar-refractivity contribution in [1.29, 1.82) is 0 Å². The lowest BCUT2D eigenvalue weighted by Crippen LogP contribution is -2.63. The number of hydrogen-bond acceptors (Lipinski definition) is 5. The minimum atomic E-state index is -2.57. The van der Waals surface area contributed by atoms with Crippen molar-refractivity contribution in [2.45, 2.75) is 27.3 Å². The molecule has 96 valence electrons. The van der Waals surface area contributed by atoms with E-state index in [0.717, 1.165) is 0 Å². The average Bonchev–Trinajstić information content (AvgIpc) is 2.24. The summed E-state index contributed by atoms with van der Waals surface area (Å²) < 4.78 is 28.5. The molecule has 1 heterocycles. The van der Waals surface area contributed by atoms with E-state index in [9.17, 15) is 0 Å². The van der Waals surface area contributed by atoms with Crippen LogP contribution in [0.3, 0.4) is 0 Å². The molecule has 16 heavy (non-hydrogen) atoms. The van der Waals surface area contributed by atoms with Gasteiger partial charge in [0.05, 0.1) is 6.23 Å². The van der Waals surface area contributed by atoms with Crippen molar-refractivity contribution in [3.05, 3.63) is 0 Å². The van der Waals surface area contributed by atoms with E-state index in [-0.39, 0.29) is 0 Å². The van der Waals surface area contributed by atoms with Crippen LogP contribution in [0.1, 0.15) is 20.8 Å². The molecule has 0 N–H and O–H groups in total. The van der Waals surface area contributed by atoms with E-state index in [1.165, 1.54) is 0 Å². The van der Waals surface area contributed by atoms with Gasteiger partial charge in [-0.25, -0.2) is 0 Å². The zero-order valence-electron chi connectivity index (χ0n) is 10.6. The summed E-state index contributed by atoms with van der Waals surface area (Å²) in [5.41, 5.74) is 0. The Labute approximate surface area is 99.6 Å². The van der Waals surface area contributed by atoms with Crippen LogP contribution in [0.4, 0.5) is 0 Å². The van der Waals surface area contributed by atoms with Crippen LogP contribution in [0.25, 0.3) is 0 Å².